The summed E-state index contributed by atoms with van der Waals surface area (Å²) in [6.07, 6.45) is 3.51. The molecule has 3 rings (SSSR count). The minimum atomic E-state index is -0.118. The molecule has 1 aromatic heterocycles. The van der Waals surface area contributed by atoms with Crippen LogP contribution in [0.2, 0.25) is 5.02 Å². The molecule has 0 radical (unpaired) electrons. The van der Waals surface area contributed by atoms with Crippen LogP contribution in [0.4, 0.5) is 5.69 Å². The lowest BCUT2D eigenvalue weighted by Gasteiger charge is -2.13. The molecule has 29 heavy (non-hydrogen) atoms. The third-order valence-electron chi connectivity index (χ3n) is 4.49. The first-order valence-electron chi connectivity index (χ1n) is 9.08. The average Bonchev–Trinajstić information content (AvgIpc) is 2.71. The Morgan fingerprint density at radius 3 is 2.48 bits per heavy atom. The number of anilines is 1. The van der Waals surface area contributed by atoms with E-state index in [0.29, 0.717) is 26.8 Å². The molecule has 0 amide bonds. The highest BCUT2D eigenvalue weighted by Gasteiger charge is 2.24. The molecule has 148 valence electrons. The maximum atomic E-state index is 11.1. The van der Waals surface area contributed by atoms with Crippen LogP contribution < -0.4 is 9.88 Å². The smallest absolute Gasteiger partial charge is 0.288 e. The second-order valence-electron chi connectivity index (χ2n) is 6.75. The number of hydrogen-bond donors (Lipinski definition) is 3. The molecule has 0 saturated carbocycles. The van der Waals surface area contributed by atoms with Crippen LogP contribution in [0.3, 0.4) is 0 Å². The first-order chi connectivity index (χ1) is 13.9. The Bertz CT molecular complexity index is 1080. The molecule has 0 spiro atoms. The lowest BCUT2D eigenvalue weighted by molar-refractivity contribution is -0.576. The van der Waals surface area contributed by atoms with Crippen LogP contribution in [0.5, 0.6) is 0 Å². The number of hydrogen-bond acceptors (Lipinski definition) is 3. The van der Waals surface area contributed by atoms with Gasteiger partial charge in [-0.15, -0.1) is 0 Å². The number of nitrogens with zero attached hydrogens (tertiary/aromatic N) is 1. The monoisotopic (exact) mass is 425 g/mol. The molecular weight excluding hydrogens is 404 g/mol. The molecule has 0 aliphatic carbocycles. The number of aliphatic hydroxyl groups is 2. The number of rotatable bonds is 5. The Kier molecular flexibility index (Phi) is 6.64. The molecular formula is C23H22ClN2O2S+. The lowest BCUT2D eigenvalue weighted by Crippen LogP contribution is -2.39. The molecule has 4 nitrogen and oxygen atoms in total. The fourth-order valence-corrected chi connectivity index (χ4v) is 3.42. The molecule has 0 saturated heterocycles. The van der Waals surface area contributed by atoms with Crippen LogP contribution >= 0.6 is 23.8 Å². The highest BCUT2D eigenvalue weighted by Crippen LogP contribution is 2.22. The Labute approximate surface area is 180 Å². The molecule has 0 aliphatic rings. The summed E-state index contributed by atoms with van der Waals surface area (Å²) in [7, 11) is 0. The summed E-state index contributed by atoms with van der Waals surface area (Å²) in [5.41, 5.74) is 4.74. The molecule has 3 N–H and O–H groups in total. The summed E-state index contributed by atoms with van der Waals surface area (Å²) in [6.45, 7) is 3.91. The highest BCUT2D eigenvalue weighted by molar-refractivity contribution is 7.81. The van der Waals surface area contributed by atoms with Crippen molar-refractivity contribution in [2.75, 3.05) is 5.32 Å². The predicted octanol–water partition coefficient (Wildman–Crippen LogP) is 5.06. The third-order valence-corrected chi connectivity index (χ3v) is 5.04. The van der Waals surface area contributed by atoms with E-state index >= 15 is 0 Å². The molecule has 0 atom stereocenters. The Morgan fingerprint density at radius 2 is 1.83 bits per heavy atom. The Morgan fingerprint density at radius 1 is 1.10 bits per heavy atom. The van der Waals surface area contributed by atoms with Crippen molar-refractivity contribution >= 4 is 46.0 Å². The van der Waals surface area contributed by atoms with Gasteiger partial charge < -0.3 is 15.5 Å². The van der Waals surface area contributed by atoms with Crippen molar-refractivity contribution in [3.05, 3.63) is 94.3 Å². The quantitative estimate of drug-likeness (QED) is 0.231. The maximum Gasteiger partial charge on any atom is 0.288 e. The lowest BCUT2D eigenvalue weighted by atomic mass is 10.1. The van der Waals surface area contributed by atoms with Gasteiger partial charge in [0.2, 0.25) is 0 Å². The van der Waals surface area contributed by atoms with E-state index in [-0.39, 0.29) is 12.4 Å². The van der Waals surface area contributed by atoms with Gasteiger partial charge in [0, 0.05) is 27.9 Å². The van der Waals surface area contributed by atoms with E-state index in [1.165, 1.54) is 0 Å². The van der Waals surface area contributed by atoms with Crippen molar-refractivity contribution in [1.82, 2.24) is 0 Å². The van der Waals surface area contributed by atoms with E-state index in [0.717, 1.165) is 16.8 Å². The van der Waals surface area contributed by atoms with E-state index in [1.807, 2.05) is 26.0 Å². The van der Waals surface area contributed by atoms with Crippen LogP contribution in [-0.2, 0) is 6.61 Å². The Hall–Kier alpha value is -2.73. The summed E-state index contributed by atoms with van der Waals surface area (Å²) in [5, 5.41) is 24.4. The minimum Gasteiger partial charge on any atom is -0.502 e. The molecule has 0 bridgehead atoms. The van der Waals surface area contributed by atoms with Crippen LogP contribution in [0, 0.1) is 13.8 Å². The zero-order chi connectivity index (χ0) is 21.0. The standard InChI is InChI=1S/C23H21ClN2O2S/c1-15-5-10-20(16(2)12-15)25-23(29)21(26-11-3-4-17(13-26)14-27)22(28)18-6-8-19(24)9-7-18/h3-13,27H,14H2,1-2H3,(H-,25,28,29)/p+1. The summed E-state index contributed by atoms with van der Waals surface area (Å²) in [4.78, 5) is 0.351. The molecule has 0 aliphatic heterocycles. The predicted molar refractivity (Wildman–Crippen MR) is 122 cm³/mol. The van der Waals surface area contributed by atoms with Gasteiger partial charge in [-0.3, -0.25) is 0 Å². The van der Waals surface area contributed by atoms with Crippen molar-refractivity contribution in [2.45, 2.75) is 20.5 Å². The summed E-state index contributed by atoms with van der Waals surface area (Å²) in [6, 6.07) is 16.5. The fraction of sp³-hybridized carbons (Fsp3) is 0.130. The summed E-state index contributed by atoms with van der Waals surface area (Å²) in [5.74, 6) is 0.00372. The number of aryl methyl sites for hydroxylation is 2. The van der Waals surface area contributed by atoms with E-state index in [4.69, 9.17) is 23.8 Å². The van der Waals surface area contributed by atoms with Gasteiger partial charge in [-0.2, -0.15) is 4.57 Å². The highest BCUT2D eigenvalue weighted by atomic mass is 35.5. The van der Waals surface area contributed by atoms with E-state index < -0.39 is 0 Å². The van der Waals surface area contributed by atoms with Gasteiger partial charge >= 0.3 is 0 Å². The number of halogens is 1. The van der Waals surface area contributed by atoms with Crippen LogP contribution in [-0.4, -0.2) is 15.2 Å². The van der Waals surface area contributed by atoms with Crippen LogP contribution in [0.15, 0.2) is 67.0 Å². The number of thiocarbonyl (C=S) groups is 1. The molecule has 6 heteroatoms. The third kappa shape index (κ3) is 5.01. The van der Waals surface area contributed by atoms with Crippen LogP contribution in [0.1, 0.15) is 22.3 Å². The Balaban J connectivity index is 2.10. The van der Waals surface area contributed by atoms with Crippen molar-refractivity contribution < 1.29 is 14.8 Å². The molecule has 1 heterocycles. The number of benzene rings is 2. The zero-order valence-electron chi connectivity index (χ0n) is 16.2. The molecule has 0 unspecified atom stereocenters. The number of aromatic nitrogens is 1. The summed E-state index contributed by atoms with van der Waals surface area (Å²) >= 11 is 11.7. The molecule has 0 fully saturated rings. The maximum absolute atomic E-state index is 11.1. The topological polar surface area (TPSA) is 56.4 Å². The summed E-state index contributed by atoms with van der Waals surface area (Å²) < 4.78 is 1.70. The fourth-order valence-electron chi connectivity index (χ4n) is 2.98. The van der Waals surface area contributed by atoms with Gasteiger partial charge in [0.25, 0.3) is 5.70 Å². The minimum absolute atomic E-state index is 0.00372. The van der Waals surface area contributed by atoms with Gasteiger partial charge in [-0.25, -0.2) is 0 Å². The first-order valence-corrected chi connectivity index (χ1v) is 9.87. The number of nitrogens with one attached hydrogen (secondary N) is 1. The van der Waals surface area contributed by atoms with E-state index in [1.54, 1.807) is 53.4 Å². The van der Waals surface area contributed by atoms with Crippen molar-refractivity contribution in [2.24, 2.45) is 0 Å². The SMILES string of the molecule is Cc1ccc(NC(=S)/C(=C(\O)c2ccc(Cl)cc2)[n+]2cccc(CO)c2)c(C)c1. The van der Waals surface area contributed by atoms with Gasteiger partial charge in [0.15, 0.2) is 23.1 Å². The van der Waals surface area contributed by atoms with Gasteiger partial charge in [-0.1, -0.05) is 41.5 Å². The second kappa shape index (κ2) is 9.18. The molecule has 2 aromatic carbocycles. The first kappa shape index (κ1) is 21.0. The zero-order valence-corrected chi connectivity index (χ0v) is 17.8. The van der Waals surface area contributed by atoms with E-state index in [9.17, 15) is 10.2 Å². The van der Waals surface area contributed by atoms with Gasteiger partial charge in [0.05, 0.1) is 6.61 Å². The van der Waals surface area contributed by atoms with Crippen LogP contribution in [0.25, 0.3) is 11.5 Å². The number of pyridine rings is 1. The van der Waals surface area contributed by atoms with E-state index in [2.05, 4.69) is 11.4 Å². The average molecular weight is 426 g/mol. The second-order valence-corrected chi connectivity index (χ2v) is 7.60. The van der Waals surface area contributed by atoms with Gasteiger partial charge in [0.1, 0.15) is 0 Å². The number of aliphatic hydroxyl groups excluding tert-OH is 2. The van der Waals surface area contributed by atoms with Crippen molar-refractivity contribution in [3.63, 3.8) is 0 Å². The molecule has 3 aromatic rings. The normalized spacial score (nSPS) is 11.7. The largest absolute Gasteiger partial charge is 0.502 e. The van der Waals surface area contributed by atoms with Gasteiger partial charge in [-0.05, 0) is 55.8 Å². The van der Waals surface area contributed by atoms with Crippen molar-refractivity contribution in [1.29, 1.82) is 0 Å². The van der Waals surface area contributed by atoms with Crippen molar-refractivity contribution in [3.8, 4) is 0 Å².